The van der Waals surface area contributed by atoms with Crippen molar-refractivity contribution in [3.05, 3.63) is 58.0 Å². The summed E-state index contributed by atoms with van der Waals surface area (Å²) in [7, 11) is -3.51. The highest BCUT2D eigenvalue weighted by molar-refractivity contribution is 7.90. The fraction of sp³-hybridized carbons (Fsp3) is 0.133. The van der Waals surface area contributed by atoms with Gasteiger partial charge in [-0.15, -0.1) is 11.3 Å². The van der Waals surface area contributed by atoms with Crippen molar-refractivity contribution in [1.82, 2.24) is 18.9 Å². The van der Waals surface area contributed by atoms with Crippen molar-refractivity contribution >= 4 is 37.2 Å². The molecular formula is C15H12N4O3S2. The number of sulfone groups is 1. The van der Waals surface area contributed by atoms with Gasteiger partial charge in [0.25, 0.3) is 5.56 Å². The van der Waals surface area contributed by atoms with Crippen LogP contribution in [0.3, 0.4) is 0 Å². The Morgan fingerprint density at radius 3 is 2.79 bits per heavy atom. The van der Waals surface area contributed by atoms with E-state index < -0.39 is 9.84 Å². The van der Waals surface area contributed by atoms with Crippen molar-refractivity contribution in [2.75, 3.05) is 6.26 Å². The van der Waals surface area contributed by atoms with Crippen LogP contribution in [0.25, 0.3) is 16.0 Å². The molecule has 0 saturated carbocycles. The van der Waals surface area contributed by atoms with Crippen LogP contribution in [-0.2, 0) is 16.4 Å². The van der Waals surface area contributed by atoms with Crippen molar-refractivity contribution < 1.29 is 8.42 Å². The maximum atomic E-state index is 12.1. The molecule has 0 aliphatic heterocycles. The Morgan fingerprint density at radius 1 is 1.21 bits per heavy atom. The highest BCUT2D eigenvalue weighted by Crippen LogP contribution is 2.20. The second kappa shape index (κ2) is 5.25. The van der Waals surface area contributed by atoms with Gasteiger partial charge in [-0.05, 0) is 12.1 Å². The second-order valence-electron chi connectivity index (χ2n) is 5.38. The minimum atomic E-state index is -3.51. The molecule has 122 valence electrons. The highest BCUT2D eigenvalue weighted by Gasteiger charge is 2.20. The molecule has 0 atom stereocenters. The lowest BCUT2D eigenvalue weighted by Gasteiger charge is -2.07. The van der Waals surface area contributed by atoms with Crippen molar-refractivity contribution in [3.8, 4) is 0 Å². The summed E-state index contributed by atoms with van der Waals surface area (Å²) in [6.45, 7) is 0.159. The maximum Gasteiger partial charge on any atom is 0.258 e. The minimum absolute atomic E-state index is 0.0307. The van der Waals surface area contributed by atoms with Gasteiger partial charge in [0, 0.05) is 23.9 Å². The van der Waals surface area contributed by atoms with E-state index in [4.69, 9.17) is 0 Å². The molecule has 4 rings (SSSR count). The third-order valence-electron chi connectivity index (χ3n) is 3.63. The monoisotopic (exact) mass is 360 g/mol. The number of aromatic nitrogens is 4. The normalized spacial score (nSPS) is 12.2. The van der Waals surface area contributed by atoms with E-state index in [1.807, 2.05) is 6.07 Å². The largest absolute Gasteiger partial charge is 0.309 e. The summed E-state index contributed by atoms with van der Waals surface area (Å²) < 4.78 is 27.2. The number of imidazole rings is 1. The molecule has 3 heterocycles. The Morgan fingerprint density at radius 2 is 2.00 bits per heavy atom. The summed E-state index contributed by atoms with van der Waals surface area (Å²) in [6, 6.07) is 8.59. The maximum absolute atomic E-state index is 12.1. The molecule has 0 amide bonds. The van der Waals surface area contributed by atoms with E-state index in [1.165, 1.54) is 21.8 Å². The summed E-state index contributed by atoms with van der Waals surface area (Å²) in [5, 5.41) is 1.75. The average Bonchev–Trinajstić information content (AvgIpc) is 3.12. The van der Waals surface area contributed by atoms with E-state index in [0.29, 0.717) is 21.7 Å². The first-order valence-electron chi connectivity index (χ1n) is 7.04. The lowest BCUT2D eigenvalue weighted by atomic mass is 10.3. The van der Waals surface area contributed by atoms with Crippen LogP contribution >= 0.6 is 11.3 Å². The first-order chi connectivity index (χ1) is 11.4. The number of hydrogen-bond acceptors (Lipinski definition) is 6. The van der Waals surface area contributed by atoms with Gasteiger partial charge in [-0.1, -0.05) is 12.1 Å². The van der Waals surface area contributed by atoms with E-state index in [-0.39, 0.29) is 17.3 Å². The molecule has 0 unspecified atom stereocenters. The quantitative estimate of drug-likeness (QED) is 0.553. The lowest BCUT2D eigenvalue weighted by molar-refractivity contribution is 0.580. The van der Waals surface area contributed by atoms with Gasteiger partial charge >= 0.3 is 0 Å². The molecule has 0 spiro atoms. The van der Waals surface area contributed by atoms with Crippen LogP contribution in [0.15, 0.2) is 51.9 Å². The molecule has 0 saturated heterocycles. The SMILES string of the molecule is CS(=O)(=O)c1nc2ccccc2n1Cc1cc(=O)n2ccsc2n1. The van der Waals surface area contributed by atoms with Crippen molar-refractivity contribution in [2.24, 2.45) is 0 Å². The standard InChI is InChI=1S/C15H12N4O3S2/c1-24(21,22)15-17-11-4-2-3-5-12(11)19(15)9-10-8-13(20)18-6-7-23-14(18)16-10/h2-8H,9H2,1H3. The zero-order valence-electron chi connectivity index (χ0n) is 12.6. The van der Waals surface area contributed by atoms with Crippen molar-refractivity contribution in [1.29, 1.82) is 0 Å². The van der Waals surface area contributed by atoms with Crippen LogP contribution in [0, 0.1) is 0 Å². The summed E-state index contributed by atoms with van der Waals surface area (Å²) in [5.74, 6) is 0. The highest BCUT2D eigenvalue weighted by atomic mass is 32.2. The number of rotatable bonds is 3. The van der Waals surface area contributed by atoms with Crippen LogP contribution in [0.5, 0.6) is 0 Å². The van der Waals surface area contributed by atoms with E-state index in [9.17, 15) is 13.2 Å². The molecule has 4 aromatic rings. The number of hydrogen-bond donors (Lipinski definition) is 0. The van der Waals surface area contributed by atoms with Gasteiger partial charge in [0.1, 0.15) is 0 Å². The number of benzene rings is 1. The van der Waals surface area contributed by atoms with Gasteiger partial charge in [-0.2, -0.15) is 0 Å². The minimum Gasteiger partial charge on any atom is -0.309 e. The van der Waals surface area contributed by atoms with E-state index in [1.54, 1.807) is 34.3 Å². The second-order valence-corrected chi connectivity index (χ2v) is 8.17. The Balaban J connectivity index is 1.93. The summed E-state index contributed by atoms with van der Waals surface area (Å²) in [4.78, 5) is 21.4. The molecule has 1 aromatic carbocycles. The van der Waals surface area contributed by atoms with Crippen LogP contribution in [0.2, 0.25) is 0 Å². The van der Waals surface area contributed by atoms with Crippen molar-refractivity contribution in [2.45, 2.75) is 11.7 Å². The number of nitrogens with zero attached hydrogens (tertiary/aromatic N) is 4. The Bertz CT molecular complexity index is 1230. The number of thiazole rings is 1. The molecule has 9 heteroatoms. The molecular weight excluding hydrogens is 348 g/mol. The van der Waals surface area contributed by atoms with Crippen LogP contribution in [-0.4, -0.2) is 33.6 Å². The van der Waals surface area contributed by atoms with E-state index in [2.05, 4.69) is 9.97 Å². The predicted molar refractivity (Wildman–Crippen MR) is 91.3 cm³/mol. The van der Waals surface area contributed by atoms with Gasteiger partial charge in [-0.25, -0.2) is 18.4 Å². The fourth-order valence-corrected chi connectivity index (χ4v) is 4.19. The average molecular weight is 360 g/mol. The molecule has 0 fully saturated rings. The van der Waals surface area contributed by atoms with Gasteiger partial charge in [-0.3, -0.25) is 9.20 Å². The molecule has 0 N–H and O–H groups in total. The number of para-hydroxylation sites is 2. The Labute approximate surface area is 140 Å². The smallest absolute Gasteiger partial charge is 0.258 e. The fourth-order valence-electron chi connectivity index (χ4n) is 2.62. The molecule has 0 radical (unpaired) electrons. The van der Waals surface area contributed by atoms with Gasteiger partial charge in [0.2, 0.25) is 15.0 Å². The molecule has 0 bridgehead atoms. The summed E-state index contributed by atoms with van der Waals surface area (Å²) in [5.41, 5.74) is 1.58. The Hall–Kier alpha value is -2.52. The van der Waals surface area contributed by atoms with E-state index >= 15 is 0 Å². The zero-order chi connectivity index (χ0) is 16.9. The third-order valence-corrected chi connectivity index (χ3v) is 5.36. The first kappa shape index (κ1) is 15.0. The predicted octanol–water partition coefficient (Wildman–Crippen LogP) is 1.56. The number of fused-ring (bicyclic) bond motifs is 2. The van der Waals surface area contributed by atoms with Crippen LogP contribution in [0.4, 0.5) is 0 Å². The molecule has 24 heavy (non-hydrogen) atoms. The van der Waals surface area contributed by atoms with Gasteiger partial charge in [0.05, 0.1) is 23.3 Å². The molecule has 0 aliphatic carbocycles. The molecule has 7 nitrogen and oxygen atoms in total. The zero-order valence-corrected chi connectivity index (χ0v) is 14.2. The molecule has 0 aliphatic rings. The topological polar surface area (TPSA) is 86.3 Å². The summed E-state index contributed by atoms with van der Waals surface area (Å²) >= 11 is 1.35. The summed E-state index contributed by atoms with van der Waals surface area (Å²) in [6.07, 6.45) is 2.78. The van der Waals surface area contributed by atoms with Crippen molar-refractivity contribution in [3.63, 3.8) is 0 Å². The third kappa shape index (κ3) is 2.42. The van der Waals surface area contributed by atoms with Crippen LogP contribution in [0.1, 0.15) is 5.69 Å². The van der Waals surface area contributed by atoms with Gasteiger partial charge in [0.15, 0.2) is 4.96 Å². The Kier molecular flexibility index (Phi) is 3.29. The first-order valence-corrected chi connectivity index (χ1v) is 9.82. The molecule has 3 aromatic heterocycles. The lowest BCUT2D eigenvalue weighted by Crippen LogP contribution is -2.16. The van der Waals surface area contributed by atoms with E-state index in [0.717, 1.165) is 6.26 Å². The van der Waals surface area contributed by atoms with Gasteiger partial charge < -0.3 is 4.57 Å². The van der Waals surface area contributed by atoms with Crippen LogP contribution < -0.4 is 5.56 Å².